The van der Waals surface area contributed by atoms with Gasteiger partial charge < -0.3 is 15.6 Å². The molecule has 1 fully saturated rings. The van der Waals surface area contributed by atoms with Gasteiger partial charge in [-0.1, -0.05) is 6.07 Å². The third-order valence-electron chi connectivity index (χ3n) is 6.16. The number of H-pyrrole nitrogens is 1. The van der Waals surface area contributed by atoms with Crippen LogP contribution in [0.1, 0.15) is 57.2 Å². The quantitative estimate of drug-likeness (QED) is 0.409. The van der Waals surface area contributed by atoms with Gasteiger partial charge in [-0.15, -0.1) is 0 Å². The standard InChI is InChI=1S/C26H24FN5O2/c1-15-10-29-24-9-21(27)18(8-20(15)24)14-31-26(34)19-7-17(11-28-13-19)6-16-2-3-22(30-12-16)23-4-5-25(33)32-23/h2-3,7-13,23,29H,4-6,14H2,1H3,(H,31,34)(H,32,33). The van der Waals surface area contributed by atoms with Crippen LogP contribution in [-0.4, -0.2) is 26.8 Å². The number of aromatic nitrogens is 3. The van der Waals surface area contributed by atoms with Gasteiger partial charge in [-0.05, 0) is 54.3 Å². The number of nitrogens with zero attached hydrogens (tertiary/aromatic N) is 2. The Morgan fingerprint density at radius 2 is 2.06 bits per heavy atom. The summed E-state index contributed by atoms with van der Waals surface area (Å²) in [5, 5.41) is 6.64. The molecule has 0 bridgehead atoms. The summed E-state index contributed by atoms with van der Waals surface area (Å²) in [5.41, 5.74) is 5.29. The molecule has 1 saturated heterocycles. The normalized spacial score (nSPS) is 15.5. The number of benzene rings is 1. The van der Waals surface area contributed by atoms with Gasteiger partial charge in [-0.25, -0.2) is 4.39 Å². The van der Waals surface area contributed by atoms with Gasteiger partial charge in [0.05, 0.1) is 17.3 Å². The van der Waals surface area contributed by atoms with E-state index in [1.54, 1.807) is 24.5 Å². The molecule has 4 heterocycles. The average Bonchev–Trinajstić information content (AvgIpc) is 3.43. The average molecular weight is 458 g/mol. The second-order valence-electron chi connectivity index (χ2n) is 8.65. The van der Waals surface area contributed by atoms with E-state index in [0.717, 1.165) is 39.7 Å². The lowest BCUT2D eigenvalue weighted by Crippen LogP contribution is -2.23. The summed E-state index contributed by atoms with van der Waals surface area (Å²) in [6.45, 7) is 2.03. The number of fused-ring (bicyclic) bond motifs is 1. The fourth-order valence-corrected chi connectivity index (χ4v) is 4.27. The van der Waals surface area contributed by atoms with Crippen LogP contribution in [0.2, 0.25) is 0 Å². The summed E-state index contributed by atoms with van der Waals surface area (Å²) in [7, 11) is 0. The van der Waals surface area contributed by atoms with Gasteiger partial charge >= 0.3 is 0 Å². The zero-order chi connectivity index (χ0) is 23.7. The SMILES string of the molecule is Cc1c[nH]c2cc(F)c(CNC(=O)c3cncc(Cc4ccc(C5CCC(=O)N5)nc4)c3)cc12. The molecule has 1 aliphatic heterocycles. The molecule has 1 atom stereocenters. The molecule has 0 saturated carbocycles. The molecule has 5 rings (SSSR count). The Hall–Kier alpha value is -4.07. The van der Waals surface area contributed by atoms with E-state index in [1.165, 1.54) is 12.3 Å². The van der Waals surface area contributed by atoms with E-state index in [0.29, 0.717) is 24.0 Å². The Bertz CT molecular complexity index is 1380. The minimum atomic E-state index is -0.366. The van der Waals surface area contributed by atoms with E-state index in [9.17, 15) is 14.0 Å². The molecule has 3 N–H and O–H groups in total. The molecule has 1 unspecified atom stereocenters. The molecule has 34 heavy (non-hydrogen) atoms. The first-order chi connectivity index (χ1) is 16.5. The van der Waals surface area contributed by atoms with E-state index in [4.69, 9.17) is 0 Å². The van der Waals surface area contributed by atoms with E-state index >= 15 is 0 Å². The highest BCUT2D eigenvalue weighted by molar-refractivity contribution is 5.94. The Balaban J connectivity index is 1.24. The number of pyridine rings is 2. The molecule has 172 valence electrons. The van der Waals surface area contributed by atoms with Gasteiger partial charge in [-0.3, -0.25) is 19.6 Å². The number of rotatable bonds is 6. The fourth-order valence-electron chi connectivity index (χ4n) is 4.27. The first-order valence-corrected chi connectivity index (χ1v) is 11.2. The zero-order valence-corrected chi connectivity index (χ0v) is 18.7. The van der Waals surface area contributed by atoms with Crippen molar-refractivity contribution < 1.29 is 14.0 Å². The highest BCUT2D eigenvalue weighted by Gasteiger charge is 2.23. The van der Waals surface area contributed by atoms with Crippen molar-refractivity contribution in [2.75, 3.05) is 0 Å². The molecule has 2 amide bonds. The first-order valence-electron chi connectivity index (χ1n) is 11.2. The molecule has 3 aromatic heterocycles. The van der Waals surface area contributed by atoms with Crippen molar-refractivity contribution in [3.05, 3.63) is 94.4 Å². The number of halogens is 1. The van der Waals surface area contributed by atoms with Crippen molar-refractivity contribution in [3.63, 3.8) is 0 Å². The van der Waals surface area contributed by atoms with Crippen LogP contribution in [0, 0.1) is 12.7 Å². The van der Waals surface area contributed by atoms with Crippen LogP contribution in [0.4, 0.5) is 4.39 Å². The lowest BCUT2D eigenvalue weighted by Gasteiger charge is -2.10. The van der Waals surface area contributed by atoms with Crippen LogP contribution in [0.3, 0.4) is 0 Å². The number of aryl methyl sites for hydroxylation is 1. The number of aromatic amines is 1. The monoisotopic (exact) mass is 457 g/mol. The Kier molecular flexibility index (Phi) is 5.79. The van der Waals surface area contributed by atoms with E-state index < -0.39 is 0 Å². The number of nitrogens with one attached hydrogen (secondary N) is 3. The van der Waals surface area contributed by atoms with Crippen LogP contribution in [0.25, 0.3) is 10.9 Å². The molecule has 0 spiro atoms. The van der Waals surface area contributed by atoms with Crippen molar-refractivity contribution in [1.29, 1.82) is 0 Å². The summed E-state index contributed by atoms with van der Waals surface area (Å²) in [4.78, 5) is 35.9. The third-order valence-corrected chi connectivity index (χ3v) is 6.16. The molecule has 7 nitrogen and oxygen atoms in total. The Morgan fingerprint density at radius 1 is 1.18 bits per heavy atom. The van der Waals surface area contributed by atoms with Crippen molar-refractivity contribution in [2.45, 2.75) is 38.8 Å². The van der Waals surface area contributed by atoms with Gasteiger partial charge in [0.15, 0.2) is 0 Å². The van der Waals surface area contributed by atoms with Crippen LogP contribution in [0.5, 0.6) is 0 Å². The predicted molar refractivity (Wildman–Crippen MR) is 126 cm³/mol. The first kappa shape index (κ1) is 21.8. The topological polar surface area (TPSA) is 99.8 Å². The largest absolute Gasteiger partial charge is 0.361 e. The van der Waals surface area contributed by atoms with E-state index in [-0.39, 0.29) is 30.2 Å². The molecule has 1 aromatic carbocycles. The second kappa shape index (κ2) is 9.05. The van der Waals surface area contributed by atoms with E-state index in [1.807, 2.05) is 25.3 Å². The molecule has 0 radical (unpaired) electrons. The minimum Gasteiger partial charge on any atom is -0.361 e. The number of hydrogen-bond donors (Lipinski definition) is 3. The molecule has 1 aliphatic rings. The highest BCUT2D eigenvalue weighted by atomic mass is 19.1. The maximum Gasteiger partial charge on any atom is 0.253 e. The number of amides is 2. The lowest BCUT2D eigenvalue weighted by molar-refractivity contribution is -0.119. The van der Waals surface area contributed by atoms with Crippen molar-refractivity contribution in [2.24, 2.45) is 0 Å². The second-order valence-corrected chi connectivity index (χ2v) is 8.65. The number of hydrogen-bond acceptors (Lipinski definition) is 4. The Morgan fingerprint density at radius 3 is 2.82 bits per heavy atom. The minimum absolute atomic E-state index is 0.0260. The summed E-state index contributed by atoms with van der Waals surface area (Å²) >= 11 is 0. The van der Waals surface area contributed by atoms with Crippen LogP contribution < -0.4 is 10.6 Å². The summed E-state index contributed by atoms with van der Waals surface area (Å²) < 4.78 is 14.4. The van der Waals surface area contributed by atoms with Crippen molar-refractivity contribution in [1.82, 2.24) is 25.6 Å². The van der Waals surface area contributed by atoms with Gasteiger partial charge in [0.2, 0.25) is 5.91 Å². The predicted octanol–water partition coefficient (Wildman–Crippen LogP) is 3.88. The van der Waals surface area contributed by atoms with Crippen LogP contribution in [0.15, 0.2) is 55.1 Å². The number of carbonyl (C=O) groups excluding carboxylic acids is 2. The van der Waals surface area contributed by atoms with Gasteiger partial charge in [0, 0.05) is 60.6 Å². The van der Waals surface area contributed by atoms with Crippen molar-refractivity contribution >= 4 is 22.7 Å². The van der Waals surface area contributed by atoms with Gasteiger partial charge in [-0.2, -0.15) is 0 Å². The highest BCUT2D eigenvalue weighted by Crippen LogP contribution is 2.23. The zero-order valence-electron chi connectivity index (χ0n) is 18.7. The smallest absolute Gasteiger partial charge is 0.253 e. The van der Waals surface area contributed by atoms with Crippen LogP contribution in [-0.2, 0) is 17.8 Å². The van der Waals surface area contributed by atoms with Gasteiger partial charge in [0.1, 0.15) is 5.82 Å². The van der Waals surface area contributed by atoms with Gasteiger partial charge in [0.25, 0.3) is 5.91 Å². The summed E-state index contributed by atoms with van der Waals surface area (Å²) in [6, 6.07) is 8.87. The maximum absolute atomic E-state index is 14.4. The van der Waals surface area contributed by atoms with Crippen LogP contribution >= 0.6 is 0 Å². The van der Waals surface area contributed by atoms with Crippen molar-refractivity contribution in [3.8, 4) is 0 Å². The maximum atomic E-state index is 14.4. The lowest BCUT2D eigenvalue weighted by atomic mass is 10.0. The third kappa shape index (κ3) is 4.52. The molecule has 4 aromatic rings. The fraction of sp³-hybridized carbons (Fsp3) is 0.231. The molecule has 0 aliphatic carbocycles. The summed E-state index contributed by atoms with van der Waals surface area (Å²) in [6.07, 6.45) is 8.68. The van der Waals surface area contributed by atoms with E-state index in [2.05, 4.69) is 25.6 Å². The molecule has 8 heteroatoms. The summed E-state index contributed by atoms with van der Waals surface area (Å²) in [5.74, 6) is -0.625. The molecular weight excluding hydrogens is 433 g/mol. The Labute approximate surface area is 195 Å². The number of carbonyl (C=O) groups is 2. The molecular formula is C26H24FN5O2.